The zero-order valence-corrected chi connectivity index (χ0v) is 13.6. The van der Waals surface area contributed by atoms with Gasteiger partial charge in [0.1, 0.15) is 11.7 Å². The van der Waals surface area contributed by atoms with Crippen LogP contribution in [0.25, 0.3) is 0 Å². The maximum atomic E-state index is 11.4. The summed E-state index contributed by atoms with van der Waals surface area (Å²) in [5.41, 5.74) is 0. The first kappa shape index (κ1) is 19.1. The Hall–Kier alpha value is -0.860. The average Bonchev–Trinajstić information content (AvgIpc) is 2.43. The zero-order chi connectivity index (χ0) is 15.2. The van der Waals surface area contributed by atoms with E-state index in [0.717, 1.165) is 12.8 Å². The molecule has 0 bridgehead atoms. The Morgan fingerprint density at radius 2 is 1.30 bits per heavy atom. The zero-order valence-electron chi connectivity index (χ0n) is 13.6. The van der Waals surface area contributed by atoms with Gasteiger partial charge in [0.25, 0.3) is 0 Å². The number of hydrogen-bond acceptors (Lipinski definition) is 3. The Kier molecular flexibility index (Phi) is 12.6. The molecule has 0 saturated carbocycles. The lowest BCUT2D eigenvalue weighted by Crippen LogP contribution is -2.23. The molecular weight excluding hydrogens is 252 g/mol. The van der Waals surface area contributed by atoms with Gasteiger partial charge in [0.2, 0.25) is 0 Å². The van der Waals surface area contributed by atoms with Crippen LogP contribution in [-0.4, -0.2) is 18.9 Å². The number of ether oxygens (including phenoxy) is 1. The molecule has 0 aliphatic rings. The van der Waals surface area contributed by atoms with E-state index in [1.165, 1.54) is 65.4 Å². The van der Waals surface area contributed by atoms with E-state index in [1.54, 1.807) is 0 Å². The van der Waals surface area contributed by atoms with E-state index in [4.69, 9.17) is 0 Å². The molecule has 0 amide bonds. The first-order chi connectivity index (χ1) is 9.63. The summed E-state index contributed by atoms with van der Waals surface area (Å²) in [7, 11) is 1.34. The minimum atomic E-state index is -0.547. The summed E-state index contributed by atoms with van der Waals surface area (Å²) in [6.45, 7) is 3.71. The summed E-state index contributed by atoms with van der Waals surface area (Å²) in [6.07, 6.45) is 13.2. The van der Waals surface area contributed by atoms with Crippen LogP contribution in [0.2, 0.25) is 0 Å². The number of hydrogen-bond donors (Lipinski definition) is 0. The quantitative estimate of drug-likeness (QED) is 0.280. The van der Waals surface area contributed by atoms with Crippen molar-refractivity contribution in [3.8, 4) is 0 Å². The van der Waals surface area contributed by atoms with Gasteiger partial charge < -0.3 is 4.74 Å². The van der Waals surface area contributed by atoms with Gasteiger partial charge in [-0.05, 0) is 13.3 Å². The van der Waals surface area contributed by atoms with E-state index in [-0.39, 0.29) is 11.8 Å². The third kappa shape index (κ3) is 9.99. The molecule has 0 fully saturated rings. The lowest BCUT2D eigenvalue weighted by Gasteiger charge is -2.10. The highest BCUT2D eigenvalue weighted by Gasteiger charge is 2.23. The second-order valence-corrected chi connectivity index (χ2v) is 5.66. The van der Waals surface area contributed by atoms with E-state index in [9.17, 15) is 9.59 Å². The van der Waals surface area contributed by atoms with Crippen LogP contribution in [0.15, 0.2) is 0 Å². The van der Waals surface area contributed by atoms with E-state index in [2.05, 4.69) is 11.7 Å². The van der Waals surface area contributed by atoms with E-state index in [1.807, 2.05) is 0 Å². The lowest BCUT2D eigenvalue weighted by molar-refractivity contribution is -0.149. The summed E-state index contributed by atoms with van der Waals surface area (Å²) in [6, 6.07) is 0. The van der Waals surface area contributed by atoms with Crippen molar-refractivity contribution < 1.29 is 14.3 Å². The number of carbonyl (C=O) groups is 2. The molecule has 1 unspecified atom stereocenters. The molecule has 0 radical (unpaired) electrons. The Bertz CT molecular complexity index is 261. The molecule has 0 rings (SSSR count). The molecule has 118 valence electrons. The van der Waals surface area contributed by atoms with Crippen LogP contribution in [-0.2, 0) is 14.3 Å². The summed E-state index contributed by atoms with van der Waals surface area (Å²) in [4.78, 5) is 22.7. The molecule has 0 N–H and O–H groups in total. The van der Waals surface area contributed by atoms with E-state index >= 15 is 0 Å². The SMILES string of the molecule is CCCCCCCCCCCCC(C(C)=O)C(=O)OC. The van der Waals surface area contributed by atoms with Crippen LogP contribution >= 0.6 is 0 Å². The molecule has 3 heteroatoms. The van der Waals surface area contributed by atoms with Crippen molar-refractivity contribution in [3.63, 3.8) is 0 Å². The topological polar surface area (TPSA) is 43.4 Å². The fourth-order valence-corrected chi connectivity index (χ4v) is 2.47. The molecule has 0 aliphatic heterocycles. The van der Waals surface area contributed by atoms with Gasteiger partial charge in [0, 0.05) is 0 Å². The Morgan fingerprint density at radius 1 is 0.850 bits per heavy atom. The predicted octanol–water partition coefficient (Wildman–Crippen LogP) is 4.68. The van der Waals surface area contributed by atoms with Crippen LogP contribution in [0.4, 0.5) is 0 Å². The third-order valence-corrected chi connectivity index (χ3v) is 3.82. The fourth-order valence-electron chi connectivity index (χ4n) is 2.47. The number of rotatable bonds is 13. The van der Waals surface area contributed by atoms with Crippen LogP contribution in [0, 0.1) is 5.92 Å². The highest BCUT2D eigenvalue weighted by atomic mass is 16.5. The number of Topliss-reactive ketones (excluding diaryl/α,β-unsaturated/α-hetero) is 1. The average molecular weight is 284 g/mol. The van der Waals surface area contributed by atoms with Crippen molar-refractivity contribution in [1.29, 1.82) is 0 Å². The highest BCUT2D eigenvalue weighted by Crippen LogP contribution is 2.15. The summed E-state index contributed by atoms with van der Waals surface area (Å²) in [5, 5.41) is 0. The highest BCUT2D eigenvalue weighted by molar-refractivity contribution is 5.97. The largest absolute Gasteiger partial charge is 0.468 e. The molecule has 0 heterocycles. The number of esters is 1. The molecule has 0 aromatic rings. The summed E-state index contributed by atoms with van der Waals surface area (Å²) >= 11 is 0. The van der Waals surface area contributed by atoms with Crippen molar-refractivity contribution >= 4 is 11.8 Å². The Balaban J connectivity index is 3.46. The van der Waals surface area contributed by atoms with Gasteiger partial charge >= 0.3 is 5.97 Å². The van der Waals surface area contributed by atoms with Crippen molar-refractivity contribution in [1.82, 2.24) is 0 Å². The van der Waals surface area contributed by atoms with Gasteiger partial charge in [-0.1, -0.05) is 71.1 Å². The molecule has 20 heavy (non-hydrogen) atoms. The monoisotopic (exact) mass is 284 g/mol. The smallest absolute Gasteiger partial charge is 0.316 e. The van der Waals surface area contributed by atoms with E-state index in [0.29, 0.717) is 6.42 Å². The molecule has 3 nitrogen and oxygen atoms in total. The normalized spacial score (nSPS) is 12.2. The Labute approximate surface area is 124 Å². The number of ketones is 1. The minimum absolute atomic E-state index is 0.0761. The van der Waals surface area contributed by atoms with Crippen LogP contribution in [0.3, 0.4) is 0 Å². The minimum Gasteiger partial charge on any atom is -0.468 e. The summed E-state index contributed by atoms with van der Waals surface area (Å²) in [5.74, 6) is -1.00. The van der Waals surface area contributed by atoms with Crippen molar-refractivity contribution in [2.75, 3.05) is 7.11 Å². The van der Waals surface area contributed by atoms with Gasteiger partial charge in [0.15, 0.2) is 0 Å². The van der Waals surface area contributed by atoms with Gasteiger partial charge in [-0.15, -0.1) is 0 Å². The summed E-state index contributed by atoms with van der Waals surface area (Å²) < 4.78 is 4.66. The van der Waals surface area contributed by atoms with Gasteiger partial charge in [-0.25, -0.2) is 0 Å². The molecule has 0 aliphatic carbocycles. The first-order valence-corrected chi connectivity index (χ1v) is 8.21. The maximum Gasteiger partial charge on any atom is 0.316 e. The van der Waals surface area contributed by atoms with Crippen LogP contribution < -0.4 is 0 Å². The van der Waals surface area contributed by atoms with Gasteiger partial charge in [-0.2, -0.15) is 0 Å². The second-order valence-electron chi connectivity index (χ2n) is 5.66. The maximum absolute atomic E-state index is 11.4. The third-order valence-electron chi connectivity index (χ3n) is 3.82. The molecule has 1 atom stereocenters. The lowest BCUT2D eigenvalue weighted by atomic mass is 9.97. The number of unbranched alkanes of at least 4 members (excludes halogenated alkanes) is 9. The number of carbonyl (C=O) groups excluding carboxylic acids is 2. The fraction of sp³-hybridized carbons (Fsp3) is 0.882. The van der Waals surface area contributed by atoms with Crippen molar-refractivity contribution in [2.24, 2.45) is 5.92 Å². The van der Waals surface area contributed by atoms with Crippen LogP contribution in [0.5, 0.6) is 0 Å². The molecule has 0 saturated heterocycles. The van der Waals surface area contributed by atoms with Crippen LogP contribution in [0.1, 0.15) is 84.5 Å². The molecular formula is C17H32O3. The predicted molar refractivity (Wildman–Crippen MR) is 82.6 cm³/mol. The van der Waals surface area contributed by atoms with Gasteiger partial charge in [-0.3, -0.25) is 9.59 Å². The van der Waals surface area contributed by atoms with Crippen molar-refractivity contribution in [3.05, 3.63) is 0 Å². The van der Waals surface area contributed by atoms with Crippen molar-refractivity contribution in [2.45, 2.75) is 84.5 Å². The molecule has 0 aromatic carbocycles. The Morgan fingerprint density at radius 3 is 1.70 bits per heavy atom. The number of methoxy groups -OCH3 is 1. The first-order valence-electron chi connectivity index (χ1n) is 8.21. The van der Waals surface area contributed by atoms with Gasteiger partial charge in [0.05, 0.1) is 7.11 Å². The standard InChI is InChI=1S/C17H32O3/c1-4-5-6-7-8-9-10-11-12-13-14-16(15(2)18)17(19)20-3/h16H,4-14H2,1-3H3. The molecule has 0 aromatic heterocycles. The van der Waals surface area contributed by atoms with E-state index < -0.39 is 5.92 Å². The second kappa shape index (κ2) is 13.1. The molecule has 0 spiro atoms.